The van der Waals surface area contributed by atoms with Crippen molar-refractivity contribution in [3.8, 4) is 0 Å². The third-order valence-electron chi connectivity index (χ3n) is 2.46. The lowest BCUT2D eigenvalue weighted by Gasteiger charge is -1.99. The quantitative estimate of drug-likeness (QED) is 0.589. The van der Waals surface area contributed by atoms with Gasteiger partial charge in [-0.25, -0.2) is 4.79 Å². The van der Waals surface area contributed by atoms with Crippen molar-refractivity contribution in [1.82, 2.24) is 4.99 Å². The first-order valence-corrected chi connectivity index (χ1v) is 5.84. The predicted octanol–water partition coefficient (Wildman–Crippen LogP) is 0.111. The molecule has 0 unspecified atom stereocenters. The number of hydrogen-bond donors (Lipinski definition) is 1. The number of nitrogens with two attached hydrogens (primary N) is 1. The monoisotopic (exact) mass is 243 g/mol. The Morgan fingerprint density at radius 1 is 1.22 bits per heavy atom. The first-order chi connectivity index (χ1) is 8.86. The summed E-state index contributed by atoms with van der Waals surface area (Å²) in [5, 5.41) is 0. The van der Waals surface area contributed by atoms with Crippen LogP contribution in [-0.2, 0) is 16.1 Å². The molecule has 0 aliphatic carbocycles. The van der Waals surface area contributed by atoms with E-state index in [0.29, 0.717) is 12.2 Å². The second kappa shape index (κ2) is 6.51. The summed E-state index contributed by atoms with van der Waals surface area (Å²) in [5.74, 6) is -0.413. The van der Waals surface area contributed by atoms with Gasteiger partial charge in [0.15, 0.2) is 0 Å². The molecule has 0 atom stereocenters. The number of hydroxylamine groups is 1. The summed E-state index contributed by atoms with van der Waals surface area (Å²) in [5.41, 5.74) is 3.08. The van der Waals surface area contributed by atoms with Gasteiger partial charge in [-0.05, 0) is 11.6 Å². The first-order valence-electron chi connectivity index (χ1n) is 5.84. The molecule has 0 bridgehead atoms. The van der Waals surface area contributed by atoms with Crippen molar-refractivity contribution in [2.45, 2.75) is 6.42 Å². The van der Waals surface area contributed by atoms with Crippen LogP contribution >= 0.6 is 0 Å². The third-order valence-corrected chi connectivity index (χ3v) is 2.46. The number of hydrogen-bond acceptors (Lipinski definition) is 3. The number of allylic oxidation sites excluding steroid dienone is 3. The highest BCUT2D eigenvalue weighted by Gasteiger charge is 2.23. The fourth-order valence-electron chi connectivity index (χ4n) is 1.55. The number of aliphatic imine (C=N–C) groups is 1. The molecule has 0 amide bonds. The van der Waals surface area contributed by atoms with Crippen molar-refractivity contribution in [2.24, 2.45) is 0 Å². The predicted molar refractivity (Wildman–Crippen MR) is 68.5 cm³/mol. The van der Waals surface area contributed by atoms with Crippen LogP contribution in [0.5, 0.6) is 0 Å². The molecule has 4 nitrogen and oxygen atoms in total. The molecule has 1 aromatic rings. The molecule has 0 spiro atoms. The van der Waals surface area contributed by atoms with E-state index in [1.54, 1.807) is 24.4 Å². The van der Waals surface area contributed by atoms with Gasteiger partial charge in [-0.2, -0.15) is 5.48 Å². The molecule has 0 aromatic heterocycles. The molecule has 2 N–H and O–H groups in total. The maximum absolute atomic E-state index is 11.5. The number of rotatable bonds is 5. The van der Waals surface area contributed by atoms with E-state index in [0.717, 1.165) is 6.42 Å². The second-order valence-corrected chi connectivity index (χ2v) is 3.81. The van der Waals surface area contributed by atoms with Crippen LogP contribution in [0.15, 0.2) is 54.3 Å². The average Bonchev–Trinajstić information content (AvgIpc) is 2.45. The van der Waals surface area contributed by atoms with Gasteiger partial charge in [0.1, 0.15) is 6.54 Å². The van der Waals surface area contributed by atoms with Gasteiger partial charge in [0.05, 0.1) is 4.99 Å². The first kappa shape index (κ1) is 12.3. The Bertz CT molecular complexity index is 490. The maximum atomic E-state index is 11.5. The molecule has 1 aromatic carbocycles. The van der Waals surface area contributed by atoms with Gasteiger partial charge in [0.2, 0.25) is 6.21 Å². The molecule has 1 radical (unpaired) electrons. The Balaban J connectivity index is 1.70. The van der Waals surface area contributed by atoms with E-state index in [-0.39, 0.29) is 0 Å². The normalized spacial score (nSPS) is 13.2. The van der Waals surface area contributed by atoms with Crippen LogP contribution in [0.2, 0.25) is 0 Å². The fraction of sp³-hybridized carbons (Fsp3) is 0.143. The number of carbonyl (C=O) groups excluding carboxylic acids is 1. The van der Waals surface area contributed by atoms with E-state index >= 15 is 0 Å². The lowest BCUT2D eigenvalue weighted by molar-refractivity contribution is -0.871. The number of nitrogens with zero attached hydrogens (tertiary/aromatic N) is 1. The zero-order chi connectivity index (χ0) is 12.6. The van der Waals surface area contributed by atoms with Crippen molar-refractivity contribution in [3.05, 3.63) is 59.8 Å². The molecule has 1 aliphatic heterocycles. The van der Waals surface area contributed by atoms with Crippen LogP contribution in [0.4, 0.5) is 0 Å². The van der Waals surface area contributed by atoms with E-state index in [1.165, 1.54) is 11.0 Å². The summed E-state index contributed by atoms with van der Waals surface area (Å²) in [4.78, 5) is 20.5. The molecule has 1 heterocycles. The van der Waals surface area contributed by atoms with Crippen LogP contribution in [0.3, 0.4) is 0 Å². The highest BCUT2D eigenvalue weighted by atomic mass is 16.7. The van der Waals surface area contributed by atoms with Gasteiger partial charge in [0.25, 0.3) is 0 Å². The van der Waals surface area contributed by atoms with Crippen LogP contribution in [-0.4, -0.2) is 18.7 Å². The van der Waals surface area contributed by atoms with Crippen molar-refractivity contribution < 1.29 is 15.1 Å². The van der Waals surface area contributed by atoms with Gasteiger partial charge in [-0.3, -0.25) is 4.84 Å². The minimum Gasteiger partial charge on any atom is -0.267 e. The average molecular weight is 243 g/mol. The Kier molecular flexibility index (Phi) is 4.44. The lowest BCUT2D eigenvalue weighted by atomic mass is 10.2. The summed E-state index contributed by atoms with van der Waals surface area (Å²) in [6.07, 6.45) is 7.58. The van der Waals surface area contributed by atoms with Gasteiger partial charge < -0.3 is 0 Å². The van der Waals surface area contributed by atoms with Crippen molar-refractivity contribution >= 4 is 12.2 Å². The summed E-state index contributed by atoms with van der Waals surface area (Å²) in [6, 6.07) is 10.1. The fourth-order valence-corrected chi connectivity index (χ4v) is 1.55. The largest absolute Gasteiger partial charge is 0.467 e. The lowest BCUT2D eigenvalue weighted by Crippen LogP contribution is -2.84. The minimum atomic E-state index is -0.413. The van der Waals surface area contributed by atoms with E-state index in [9.17, 15) is 4.79 Å². The molecule has 0 saturated carbocycles. The highest BCUT2D eigenvalue weighted by Crippen LogP contribution is 1.97. The second-order valence-electron chi connectivity index (χ2n) is 3.81. The Morgan fingerprint density at radius 3 is 2.78 bits per heavy atom. The molecule has 0 fully saturated rings. The molecule has 0 saturated heterocycles. The molecular formula is C14H15N2O2+2. The Hall–Kier alpha value is -2.20. The van der Waals surface area contributed by atoms with Crippen LogP contribution < -0.4 is 10.5 Å². The molecular weight excluding hydrogens is 228 g/mol. The topological polar surface area (TPSA) is 57.0 Å². The van der Waals surface area contributed by atoms with E-state index in [1.807, 2.05) is 18.2 Å². The Labute approximate surface area is 106 Å². The standard InChI is InChI=1S/C14H14N2O2/c17-14(13-8-4-5-10-15-13)18-16-11-9-12-6-2-1-3-7-12/h1-8,10,16H,9,11H2/q+1/p+1. The third kappa shape index (κ3) is 3.68. The van der Waals surface area contributed by atoms with E-state index in [4.69, 9.17) is 4.84 Å². The van der Waals surface area contributed by atoms with Gasteiger partial charge >= 0.3 is 11.7 Å². The molecule has 2 rings (SSSR count). The molecule has 18 heavy (non-hydrogen) atoms. The van der Waals surface area contributed by atoms with E-state index in [2.05, 4.69) is 17.1 Å². The van der Waals surface area contributed by atoms with Crippen molar-refractivity contribution in [3.63, 3.8) is 0 Å². The van der Waals surface area contributed by atoms with Gasteiger partial charge in [0, 0.05) is 18.6 Å². The molecule has 4 heteroatoms. The summed E-state index contributed by atoms with van der Waals surface area (Å²) >= 11 is 0. The Morgan fingerprint density at radius 2 is 2.06 bits per heavy atom. The zero-order valence-electron chi connectivity index (χ0n) is 9.95. The summed E-state index contributed by atoms with van der Waals surface area (Å²) in [7, 11) is 0. The van der Waals surface area contributed by atoms with Crippen LogP contribution in [0, 0.1) is 0 Å². The van der Waals surface area contributed by atoms with Crippen LogP contribution in [0.1, 0.15) is 5.56 Å². The van der Waals surface area contributed by atoms with Gasteiger partial charge in [-0.1, -0.05) is 30.3 Å². The van der Waals surface area contributed by atoms with Crippen molar-refractivity contribution in [2.75, 3.05) is 6.54 Å². The van der Waals surface area contributed by atoms with Crippen molar-refractivity contribution in [1.29, 1.82) is 0 Å². The summed E-state index contributed by atoms with van der Waals surface area (Å²) in [6.45, 7) is 0.697. The van der Waals surface area contributed by atoms with Gasteiger partial charge in [-0.15, -0.1) is 0 Å². The van der Waals surface area contributed by atoms with Crippen LogP contribution in [0.25, 0.3) is 0 Å². The summed E-state index contributed by atoms with van der Waals surface area (Å²) < 4.78 is 0. The number of carbonyl (C=O) groups is 1. The molecule has 91 valence electrons. The smallest absolute Gasteiger partial charge is 0.267 e. The highest BCUT2D eigenvalue weighted by molar-refractivity contribution is 5.91. The molecule has 1 aliphatic rings. The maximum Gasteiger partial charge on any atom is 0.467 e. The number of quaternary nitrogens is 1. The minimum absolute atomic E-state index is 0.327. The number of benzene rings is 1. The van der Waals surface area contributed by atoms with E-state index < -0.39 is 5.97 Å². The SMILES string of the molecule is O=C(O[NH2+]CCc1ccccc1)C1=CC=CC=[N+]1. The zero-order valence-corrected chi connectivity index (χ0v) is 9.95.